The number of aryl methyl sites for hydroxylation is 1. The van der Waals surface area contributed by atoms with Crippen LogP contribution in [0, 0.1) is 13.8 Å². The summed E-state index contributed by atoms with van der Waals surface area (Å²) in [5.41, 5.74) is 1.06. The number of anilines is 1. The van der Waals surface area contributed by atoms with Gasteiger partial charge in [0.2, 0.25) is 0 Å². The minimum atomic E-state index is -0.527. The van der Waals surface area contributed by atoms with E-state index in [-0.39, 0.29) is 6.42 Å². The number of hydrogen-bond donors (Lipinski definition) is 1. The topological polar surface area (TPSA) is 100 Å². The summed E-state index contributed by atoms with van der Waals surface area (Å²) in [6.07, 6.45) is 0.566. The smallest absolute Gasteiger partial charge is 0.341 e. The van der Waals surface area contributed by atoms with Gasteiger partial charge in [-0.2, -0.15) is 0 Å². The largest absolute Gasteiger partial charge is 0.497 e. The molecule has 8 nitrogen and oxygen atoms in total. The van der Waals surface area contributed by atoms with E-state index in [2.05, 4.69) is 5.32 Å². The van der Waals surface area contributed by atoms with Crippen LogP contribution < -0.4 is 14.8 Å². The second-order valence-electron chi connectivity index (χ2n) is 6.32. The van der Waals surface area contributed by atoms with Gasteiger partial charge in [-0.05, 0) is 50.1 Å². The molecule has 0 aliphatic rings. The lowest BCUT2D eigenvalue weighted by atomic mass is 10.1. The second-order valence-corrected chi connectivity index (χ2v) is 7.54. The standard InChI is InChI=1S/C21H25NO7S/c1-13-14(2)30-20(19(13)21(25)27-4)22-17(23)12-29-18(24)6-5-11-28-16-9-7-15(26-3)8-10-16/h7-10H,5-6,11-12H2,1-4H3,(H,22,23). The van der Waals surface area contributed by atoms with Crippen LogP contribution in [0.2, 0.25) is 0 Å². The molecule has 0 atom stereocenters. The number of benzene rings is 1. The molecular formula is C21H25NO7S. The van der Waals surface area contributed by atoms with Crippen molar-refractivity contribution in [3.63, 3.8) is 0 Å². The molecule has 0 aliphatic heterocycles. The Morgan fingerprint density at radius 2 is 1.70 bits per heavy atom. The maximum Gasteiger partial charge on any atom is 0.341 e. The van der Waals surface area contributed by atoms with Gasteiger partial charge in [0.05, 0.1) is 26.4 Å². The maximum absolute atomic E-state index is 12.1. The van der Waals surface area contributed by atoms with Crippen LogP contribution in [-0.4, -0.2) is 45.3 Å². The van der Waals surface area contributed by atoms with Crippen LogP contribution in [0.25, 0.3) is 0 Å². The maximum atomic E-state index is 12.1. The fourth-order valence-corrected chi connectivity index (χ4v) is 3.59. The van der Waals surface area contributed by atoms with E-state index in [1.807, 2.05) is 6.92 Å². The highest BCUT2D eigenvalue weighted by Gasteiger charge is 2.21. The molecule has 0 fully saturated rings. The molecule has 0 bridgehead atoms. The molecule has 0 saturated heterocycles. The van der Waals surface area contributed by atoms with Crippen LogP contribution in [0.3, 0.4) is 0 Å². The summed E-state index contributed by atoms with van der Waals surface area (Å²) in [5, 5.41) is 2.99. The summed E-state index contributed by atoms with van der Waals surface area (Å²) in [7, 11) is 2.86. The first-order valence-corrected chi connectivity index (χ1v) is 10.1. The molecule has 30 heavy (non-hydrogen) atoms. The zero-order valence-electron chi connectivity index (χ0n) is 17.4. The number of carbonyl (C=O) groups is 3. The van der Waals surface area contributed by atoms with Gasteiger partial charge in [-0.25, -0.2) is 4.79 Å². The number of carbonyl (C=O) groups excluding carboxylic acids is 3. The highest BCUT2D eigenvalue weighted by Crippen LogP contribution is 2.32. The molecule has 1 aromatic carbocycles. The summed E-state index contributed by atoms with van der Waals surface area (Å²) < 4.78 is 20.4. The predicted molar refractivity (Wildman–Crippen MR) is 112 cm³/mol. The second kappa shape index (κ2) is 11.2. The molecule has 0 unspecified atom stereocenters. The highest BCUT2D eigenvalue weighted by atomic mass is 32.1. The summed E-state index contributed by atoms with van der Waals surface area (Å²) in [6, 6.07) is 7.12. The Bertz CT molecular complexity index is 890. The molecule has 1 amide bonds. The Labute approximate surface area is 179 Å². The monoisotopic (exact) mass is 435 g/mol. The van der Waals surface area contributed by atoms with E-state index in [1.54, 1.807) is 38.3 Å². The first kappa shape index (κ1) is 23.2. The van der Waals surface area contributed by atoms with Crippen LogP contribution in [-0.2, 0) is 19.1 Å². The van der Waals surface area contributed by atoms with Gasteiger partial charge >= 0.3 is 11.9 Å². The number of nitrogens with one attached hydrogen (secondary N) is 1. The van der Waals surface area contributed by atoms with E-state index in [1.165, 1.54) is 18.4 Å². The number of hydrogen-bond acceptors (Lipinski definition) is 8. The van der Waals surface area contributed by atoms with Crippen molar-refractivity contribution < 1.29 is 33.3 Å². The molecular weight excluding hydrogens is 410 g/mol. The number of ether oxygens (including phenoxy) is 4. The minimum absolute atomic E-state index is 0.119. The quantitative estimate of drug-likeness (QED) is 0.450. The summed E-state index contributed by atoms with van der Waals surface area (Å²) in [5.74, 6) is -0.150. The molecule has 9 heteroatoms. The molecule has 0 spiro atoms. The van der Waals surface area contributed by atoms with Gasteiger partial charge in [0.1, 0.15) is 16.5 Å². The Hall–Kier alpha value is -3.07. The number of thiophene rings is 1. The van der Waals surface area contributed by atoms with E-state index in [0.29, 0.717) is 29.3 Å². The normalized spacial score (nSPS) is 10.3. The fraction of sp³-hybridized carbons (Fsp3) is 0.381. The summed E-state index contributed by atoms with van der Waals surface area (Å²) in [6.45, 7) is 3.52. The zero-order chi connectivity index (χ0) is 22.1. The lowest BCUT2D eigenvalue weighted by Gasteiger charge is -2.08. The fourth-order valence-electron chi connectivity index (χ4n) is 2.52. The molecule has 2 rings (SSSR count). The predicted octanol–water partition coefficient (Wildman–Crippen LogP) is 3.50. The van der Waals surface area contributed by atoms with Gasteiger partial charge < -0.3 is 24.3 Å². The Morgan fingerprint density at radius 1 is 1.03 bits per heavy atom. The lowest BCUT2D eigenvalue weighted by Crippen LogP contribution is -2.21. The first-order valence-electron chi connectivity index (χ1n) is 9.26. The highest BCUT2D eigenvalue weighted by molar-refractivity contribution is 7.16. The Kier molecular flexibility index (Phi) is 8.67. The molecule has 0 aliphatic carbocycles. The third-order valence-electron chi connectivity index (χ3n) is 4.25. The number of esters is 2. The van der Waals surface area contributed by atoms with Crippen molar-refractivity contribution in [2.24, 2.45) is 0 Å². The molecule has 0 radical (unpaired) electrons. The van der Waals surface area contributed by atoms with Gasteiger partial charge in [0.25, 0.3) is 5.91 Å². The van der Waals surface area contributed by atoms with Crippen LogP contribution in [0.15, 0.2) is 24.3 Å². The Balaban J connectivity index is 1.72. The molecule has 2 aromatic rings. The van der Waals surface area contributed by atoms with Crippen molar-refractivity contribution in [2.75, 3.05) is 32.8 Å². The van der Waals surface area contributed by atoms with Gasteiger partial charge in [0.15, 0.2) is 6.61 Å². The summed E-state index contributed by atoms with van der Waals surface area (Å²) >= 11 is 1.27. The van der Waals surface area contributed by atoms with Crippen molar-refractivity contribution in [1.29, 1.82) is 0 Å². The average Bonchev–Trinajstić information content (AvgIpc) is 3.02. The first-order chi connectivity index (χ1) is 14.3. The lowest BCUT2D eigenvalue weighted by molar-refractivity contribution is -0.147. The van der Waals surface area contributed by atoms with E-state index < -0.39 is 24.5 Å². The van der Waals surface area contributed by atoms with Crippen molar-refractivity contribution >= 4 is 34.2 Å². The van der Waals surface area contributed by atoms with Crippen molar-refractivity contribution in [3.8, 4) is 11.5 Å². The molecule has 162 valence electrons. The van der Waals surface area contributed by atoms with E-state index in [4.69, 9.17) is 18.9 Å². The number of amides is 1. The van der Waals surface area contributed by atoms with Crippen molar-refractivity contribution in [3.05, 3.63) is 40.3 Å². The van der Waals surface area contributed by atoms with Gasteiger partial charge in [-0.3, -0.25) is 9.59 Å². The van der Waals surface area contributed by atoms with E-state index >= 15 is 0 Å². The van der Waals surface area contributed by atoms with Crippen LogP contribution in [0.1, 0.15) is 33.6 Å². The number of methoxy groups -OCH3 is 2. The number of rotatable bonds is 10. The average molecular weight is 435 g/mol. The van der Waals surface area contributed by atoms with Crippen LogP contribution in [0.4, 0.5) is 5.00 Å². The van der Waals surface area contributed by atoms with Crippen molar-refractivity contribution in [1.82, 2.24) is 0 Å². The van der Waals surface area contributed by atoms with Crippen molar-refractivity contribution in [2.45, 2.75) is 26.7 Å². The zero-order valence-corrected chi connectivity index (χ0v) is 18.2. The minimum Gasteiger partial charge on any atom is -0.497 e. The van der Waals surface area contributed by atoms with Gasteiger partial charge in [-0.15, -0.1) is 11.3 Å². The summed E-state index contributed by atoms with van der Waals surface area (Å²) in [4.78, 5) is 36.7. The molecule has 0 saturated carbocycles. The van der Waals surface area contributed by atoms with Crippen LogP contribution >= 0.6 is 11.3 Å². The van der Waals surface area contributed by atoms with E-state index in [9.17, 15) is 14.4 Å². The van der Waals surface area contributed by atoms with Crippen LogP contribution in [0.5, 0.6) is 11.5 Å². The van der Waals surface area contributed by atoms with Gasteiger partial charge in [-0.1, -0.05) is 0 Å². The Morgan fingerprint density at radius 3 is 2.33 bits per heavy atom. The molecule has 1 aromatic heterocycles. The SMILES string of the molecule is COC(=O)c1c(NC(=O)COC(=O)CCCOc2ccc(OC)cc2)sc(C)c1C. The van der Waals surface area contributed by atoms with E-state index in [0.717, 1.165) is 16.2 Å². The molecule has 1 N–H and O–H groups in total. The van der Waals surface area contributed by atoms with Gasteiger partial charge in [0, 0.05) is 11.3 Å². The third kappa shape index (κ3) is 6.48. The third-order valence-corrected chi connectivity index (χ3v) is 5.37. The molecule has 1 heterocycles.